The molecule has 0 heterocycles. The number of ether oxygens (including phenoxy) is 2. The van der Waals surface area contributed by atoms with Gasteiger partial charge >= 0.3 is 12.1 Å². The van der Waals surface area contributed by atoms with E-state index >= 15 is 0 Å². The van der Waals surface area contributed by atoms with E-state index in [1.54, 1.807) is 39.8 Å². The Morgan fingerprint density at radius 2 is 1.31 bits per heavy atom. The van der Waals surface area contributed by atoms with Crippen LogP contribution in [0.3, 0.4) is 0 Å². The van der Waals surface area contributed by atoms with Crippen molar-refractivity contribution in [3.05, 3.63) is 66.2 Å². The van der Waals surface area contributed by atoms with Crippen molar-refractivity contribution >= 4 is 17.7 Å². The number of amides is 1. The van der Waals surface area contributed by atoms with Crippen LogP contribution in [-0.2, 0) is 20.7 Å². The van der Waals surface area contributed by atoms with Crippen molar-refractivity contribution in [2.24, 2.45) is 0 Å². The zero-order valence-corrected chi connectivity index (χ0v) is 15.6. The van der Waals surface area contributed by atoms with E-state index in [9.17, 15) is 9.59 Å². The molecule has 5 nitrogen and oxygen atoms in total. The number of rotatable bonds is 6. The number of anilines is 1. The lowest BCUT2D eigenvalue weighted by atomic mass is 9.89. The molecule has 1 N–H and O–H groups in total. The standard InChI is InChI=1S/C21H25NO4/c1-20(2,25-18(23)15-16-11-7-5-8-12-16)21(3,4)26-19(24)22-17-13-9-6-10-14-17/h5-14H,15H2,1-4H3,(H,22,24). The Morgan fingerprint density at radius 1 is 0.808 bits per heavy atom. The minimum atomic E-state index is -1.03. The van der Waals surface area contributed by atoms with Gasteiger partial charge in [0.05, 0.1) is 6.42 Å². The number of para-hydroxylation sites is 1. The Morgan fingerprint density at radius 3 is 1.88 bits per heavy atom. The normalized spacial score (nSPS) is 11.5. The molecule has 0 radical (unpaired) electrons. The zero-order valence-electron chi connectivity index (χ0n) is 15.6. The summed E-state index contributed by atoms with van der Waals surface area (Å²) < 4.78 is 11.1. The third-order valence-corrected chi connectivity index (χ3v) is 4.38. The van der Waals surface area contributed by atoms with Gasteiger partial charge in [0.25, 0.3) is 0 Å². The number of benzene rings is 2. The van der Waals surface area contributed by atoms with Gasteiger partial charge in [-0.25, -0.2) is 4.79 Å². The minimum Gasteiger partial charge on any atom is -0.455 e. The van der Waals surface area contributed by atoms with Gasteiger partial charge in [0.2, 0.25) is 0 Å². The Bertz CT molecular complexity index is 674. The molecule has 0 aliphatic rings. The van der Waals surface area contributed by atoms with Crippen LogP contribution in [0, 0.1) is 0 Å². The molecule has 0 aliphatic carbocycles. The number of carbonyl (C=O) groups excluding carboxylic acids is 2. The van der Waals surface area contributed by atoms with Gasteiger partial charge in [0, 0.05) is 5.69 Å². The lowest BCUT2D eigenvalue weighted by molar-refractivity contribution is -0.179. The summed E-state index contributed by atoms with van der Waals surface area (Å²) in [6.45, 7) is 6.89. The summed E-state index contributed by atoms with van der Waals surface area (Å²) in [6, 6.07) is 18.4. The number of carbonyl (C=O) groups is 2. The number of hydrogen-bond donors (Lipinski definition) is 1. The molecule has 0 saturated carbocycles. The number of nitrogens with one attached hydrogen (secondary N) is 1. The fraction of sp³-hybridized carbons (Fsp3) is 0.333. The fourth-order valence-electron chi connectivity index (χ4n) is 2.23. The summed E-state index contributed by atoms with van der Waals surface area (Å²) in [6.07, 6.45) is -0.440. The van der Waals surface area contributed by atoms with Crippen LogP contribution in [0.5, 0.6) is 0 Å². The van der Waals surface area contributed by atoms with Crippen molar-refractivity contribution in [3.63, 3.8) is 0 Å². The highest BCUT2D eigenvalue weighted by atomic mass is 16.6. The van der Waals surface area contributed by atoms with E-state index < -0.39 is 17.3 Å². The lowest BCUT2D eigenvalue weighted by Gasteiger charge is -2.39. The Labute approximate surface area is 154 Å². The first kappa shape index (κ1) is 19.5. The molecule has 0 fully saturated rings. The molecular weight excluding hydrogens is 330 g/mol. The average Bonchev–Trinajstić information content (AvgIpc) is 2.55. The van der Waals surface area contributed by atoms with Crippen LogP contribution in [0.4, 0.5) is 10.5 Å². The topological polar surface area (TPSA) is 64.6 Å². The summed E-state index contributed by atoms with van der Waals surface area (Å²) in [5, 5.41) is 2.66. The molecule has 2 aromatic carbocycles. The second-order valence-electron chi connectivity index (χ2n) is 7.04. The molecule has 0 saturated heterocycles. The van der Waals surface area contributed by atoms with E-state index in [1.807, 2.05) is 48.5 Å². The van der Waals surface area contributed by atoms with Gasteiger partial charge in [0.15, 0.2) is 0 Å². The summed E-state index contributed by atoms with van der Waals surface area (Å²) in [5.41, 5.74) is -0.536. The molecular formula is C21H25NO4. The van der Waals surface area contributed by atoms with Crippen LogP contribution in [0.1, 0.15) is 33.3 Å². The highest BCUT2D eigenvalue weighted by Gasteiger charge is 2.44. The van der Waals surface area contributed by atoms with Crippen LogP contribution in [0.25, 0.3) is 0 Å². The average molecular weight is 355 g/mol. The maximum Gasteiger partial charge on any atom is 0.412 e. The molecule has 26 heavy (non-hydrogen) atoms. The van der Waals surface area contributed by atoms with Crippen molar-refractivity contribution in [2.75, 3.05) is 5.32 Å². The van der Waals surface area contributed by atoms with Gasteiger partial charge in [-0.1, -0.05) is 48.5 Å². The monoisotopic (exact) mass is 355 g/mol. The summed E-state index contributed by atoms with van der Waals surface area (Å²) in [5.74, 6) is -0.374. The maximum atomic E-state index is 12.3. The molecule has 0 aromatic heterocycles. The largest absolute Gasteiger partial charge is 0.455 e. The van der Waals surface area contributed by atoms with Gasteiger partial charge in [-0.3, -0.25) is 10.1 Å². The van der Waals surface area contributed by atoms with Gasteiger partial charge in [-0.2, -0.15) is 0 Å². The number of esters is 1. The predicted octanol–water partition coefficient (Wildman–Crippen LogP) is 4.58. The van der Waals surface area contributed by atoms with Gasteiger partial charge < -0.3 is 9.47 Å². The van der Waals surface area contributed by atoms with E-state index in [4.69, 9.17) is 9.47 Å². The fourth-order valence-corrected chi connectivity index (χ4v) is 2.23. The van der Waals surface area contributed by atoms with Crippen LogP contribution in [0.2, 0.25) is 0 Å². The molecule has 5 heteroatoms. The molecule has 0 spiro atoms. The smallest absolute Gasteiger partial charge is 0.412 e. The molecule has 2 rings (SSSR count). The summed E-state index contributed by atoms with van der Waals surface area (Å²) >= 11 is 0. The SMILES string of the molecule is CC(C)(OC(=O)Cc1ccccc1)C(C)(C)OC(=O)Nc1ccccc1. The van der Waals surface area contributed by atoms with Gasteiger partial charge in [-0.05, 0) is 45.4 Å². The first-order chi connectivity index (χ1) is 12.2. The number of hydrogen-bond acceptors (Lipinski definition) is 4. The Balaban J connectivity index is 1.96. The molecule has 138 valence electrons. The van der Waals surface area contributed by atoms with Gasteiger partial charge in [0.1, 0.15) is 11.2 Å². The molecule has 0 aliphatic heterocycles. The first-order valence-electron chi connectivity index (χ1n) is 8.50. The summed E-state index contributed by atoms with van der Waals surface area (Å²) in [4.78, 5) is 24.5. The minimum absolute atomic E-state index is 0.163. The van der Waals surface area contributed by atoms with Crippen LogP contribution in [0.15, 0.2) is 60.7 Å². The zero-order chi connectivity index (χ0) is 19.2. The second-order valence-corrected chi connectivity index (χ2v) is 7.04. The van der Waals surface area contributed by atoms with Crippen LogP contribution in [-0.4, -0.2) is 23.3 Å². The predicted molar refractivity (Wildman–Crippen MR) is 101 cm³/mol. The van der Waals surface area contributed by atoms with E-state index in [1.165, 1.54) is 0 Å². The second kappa shape index (κ2) is 8.04. The van der Waals surface area contributed by atoms with Crippen molar-refractivity contribution in [1.82, 2.24) is 0 Å². The molecule has 0 atom stereocenters. The van der Waals surface area contributed by atoms with E-state index in [0.29, 0.717) is 5.69 Å². The van der Waals surface area contributed by atoms with E-state index in [0.717, 1.165) is 5.56 Å². The van der Waals surface area contributed by atoms with Gasteiger partial charge in [-0.15, -0.1) is 0 Å². The Kier molecular flexibility index (Phi) is 6.03. The summed E-state index contributed by atoms with van der Waals surface area (Å²) in [7, 11) is 0. The van der Waals surface area contributed by atoms with Crippen LogP contribution >= 0.6 is 0 Å². The third-order valence-electron chi connectivity index (χ3n) is 4.38. The third kappa shape index (κ3) is 5.34. The highest BCUT2D eigenvalue weighted by Crippen LogP contribution is 2.30. The first-order valence-corrected chi connectivity index (χ1v) is 8.50. The molecule has 0 bridgehead atoms. The van der Waals surface area contributed by atoms with Crippen molar-refractivity contribution in [1.29, 1.82) is 0 Å². The van der Waals surface area contributed by atoms with E-state index in [2.05, 4.69) is 5.32 Å². The molecule has 0 unspecified atom stereocenters. The molecule has 1 amide bonds. The van der Waals surface area contributed by atoms with Crippen molar-refractivity contribution < 1.29 is 19.1 Å². The quantitative estimate of drug-likeness (QED) is 0.771. The maximum absolute atomic E-state index is 12.3. The van der Waals surface area contributed by atoms with Crippen molar-refractivity contribution in [2.45, 2.75) is 45.3 Å². The van der Waals surface area contributed by atoms with Crippen LogP contribution < -0.4 is 5.32 Å². The van der Waals surface area contributed by atoms with E-state index in [-0.39, 0.29) is 12.4 Å². The highest BCUT2D eigenvalue weighted by molar-refractivity contribution is 5.84. The Hall–Kier alpha value is -2.82. The molecule has 2 aromatic rings. The van der Waals surface area contributed by atoms with Crippen molar-refractivity contribution in [3.8, 4) is 0 Å². The lowest BCUT2D eigenvalue weighted by Crippen LogP contribution is -2.52.